The Balaban J connectivity index is 1.75. The Morgan fingerprint density at radius 3 is 2.74 bits per heavy atom. The summed E-state index contributed by atoms with van der Waals surface area (Å²) in [5.41, 5.74) is 9.30. The van der Waals surface area contributed by atoms with Gasteiger partial charge in [0.1, 0.15) is 0 Å². The SMILES string of the molecule is Cc1ccc(CN)c(CCC(=O)[C@@H]2CCCN2C(=O)[C@@H](CCc2cccc[n+]2[O-])CS(=O)(=O)COC=O)c1. The molecule has 1 saturated heterocycles. The predicted molar refractivity (Wildman–Crippen MR) is 140 cm³/mol. The van der Waals surface area contributed by atoms with Crippen LogP contribution in [0.5, 0.6) is 0 Å². The first kappa shape index (κ1) is 29.2. The van der Waals surface area contributed by atoms with Gasteiger partial charge in [-0.1, -0.05) is 29.8 Å². The van der Waals surface area contributed by atoms with Gasteiger partial charge < -0.3 is 20.6 Å². The van der Waals surface area contributed by atoms with Crippen molar-refractivity contribution in [2.24, 2.45) is 11.7 Å². The molecule has 0 unspecified atom stereocenters. The lowest BCUT2D eigenvalue weighted by molar-refractivity contribution is -0.614. The highest BCUT2D eigenvalue weighted by molar-refractivity contribution is 7.91. The molecule has 1 aromatic carbocycles. The number of benzene rings is 1. The molecule has 0 saturated carbocycles. The van der Waals surface area contributed by atoms with Gasteiger partial charge in [0, 0.05) is 38.1 Å². The summed E-state index contributed by atoms with van der Waals surface area (Å²) in [6, 6.07) is 10.2. The van der Waals surface area contributed by atoms with Crippen molar-refractivity contribution in [3.05, 3.63) is 70.2 Å². The molecule has 10 nitrogen and oxygen atoms in total. The van der Waals surface area contributed by atoms with Crippen LogP contribution in [0.15, 0.2) is 42.6 Å². The van der Waals surface area contributed by atoms with Crippen LogP contribution in [0, 0.1) is 18.0 Å². The maximum atomic E-state index is 13.6. The van der Waals surface area contributed by atoms with E-state index in [9.17, 15) is 28.0 Å². The second kappa shape index (κ2) is 13.5. The van der Waals surface area contributed by atoms with Gasteiger partial charge in [0.05, 0.1) is 17.7 Å². The number of ether oxygens (including phenoxy) is 1. The van der Waals surface area contributed by atoms with Crippen LogP contribution in [0.25, 0.3) is 0 Å². The van der Waals surface area contributed by atoms with E-state index in [-0.39, 0.29) is 31.5 Å². The molecular weight excluding hydrogens is 510 g/mol. The Kier molecular flexibility index (Phi) is 10.4. The van der Waals surface area contributed by atoms with Crippen LogP contribution in [0.2, 0.25) is 0 Å². The zero-order valence-corrected chi connectivity index (χ0v) is 22.4. The van der Waals surface area contributed by atoms with Crippen LogP contribution in [0.4, 0.5) is 0 Å². The topological polar surface area (TPSA) is 151 Å². The number of ketones is 1. The number of aromatic nitrogens is 1. The van der Waals surface area contributed by atoms with Crippen LogP contribution < -0.4 is 10.5 Å². The van der Waals surface area contributed by atoms with E-state index >= 15 is 0 Å². The summed E-state index contributed by atoms with van der Waals surface area (Å²) >= 11 is 0. The number of carbonyl (C=O) groups is 3. The number of rotatable bonds is 14. The molecule has 2 N–H and O–H groups in total. The van der Waals surface area contributed by atoms with Crippen LogP contribution >= 0.6 is 0 Å². The van der Waals surface area contributed by atoms with Gasteiger partial charge in [0.2, 0.25) is 5.91 Å². The molecule has 1 aromatic heterocycles. The Bertz CT molecular complexity index is 1250. The normalized spacial score (nSPS) is 16.3. The summed E-state index contributed by atoms with van der Waals surface area (Å²) in [4.78, 5) is 38.9. The van der Waals surface area contributed by atoms with E-state index in [1.54, 1.807) is 18.2 Å². The Morgan fingerprint density at radius 2 is 2.03 bits per heavy atom. The van der Waals surface area contributed by atoms with Crippen molar-refractivity contribution < 1.29 is 32.3 Å². The molecule has 2 atom stereocenters. The minimum atomic E-state index is -3.91. The van der Waals surface area contributed by atoms with Crippen molar-refractivity contribution in [3.8, 4) is 0 Å². The quantitative estimate of drug-likeness (QED) is 0.212. The van der Waals surface area contributed by atoms with E-state index in [0.29, 0.717) is 42.8 Å². The van der Waals surface area contributed by atoms with E-state index in [1.165, 1.54) is 11.1 Å². The summed E-state index contributed by atoms with van der Waals surface area (Å²) in [7, 11) is -3.91. The Labute approximate surface area is 223 Å². The van der Waals surface area contributed by atoms with Crippen LogP contribution in [-0.2, 0) is 48.3 Å². The number of sulfone groups is 1. The molecule has 38 heavy (non-hydrogen) atoms. The third kappa shape index (κ3) is 7.84. The van der Waals surface area contributed by atoms with E-state index in [0.717, 1.165) is 16.7 Å². The Hall–Kier alpha value is -3.31. The molecule has 1 aliphatic heterocycles. The van der Waals surface area contributed by atoms with Gasteiger partial charge in [0.25, 0.3) is 6.47 Å². The molecule has 0 spiro atoms. The molecule has 1 aliphatic rings. The molecule has 2 heterocycles. The fraction of sp³-hybridized carbons (Fsp3) is 0.481. The summed E-state index contributed by atoms with van der Waals surface area (Å²) < 4.78 is 30.2. The largest absolute Gasteiger partial charge is 0.619 e. The monoisotopic (exact) mass is 545 g/mol. The number of carbonyl (C=O) groups excluding carboxylic acids is 3. The first-order valence-electron chi connectivity index (χ1n) is 12.7. The van der Waals surface area contributed by atoms with Gasteiger partial charge in [0.15, 0.2) is 33.5 Å². The van der Waals surface area contributed by atoms with Gasteiger partial charge in [-0.05, 0) is 43.7 Å². The maximum absolute atomic E-state index is 13.6. The standard InChI is InChI=1S/C27H35N3O7S/c1-20-7-8-22(16-28)21(15-20)10-12-26(32)25-6-4-13-29(25)27(33)23(17-38(35,36)19-37-18-31)9-11-24-5-2-3-14-30(24)34/h2-3,5,7-8,14-15,18,23,25H,4,6,9-13,16-17,19,28H2,1H3/t23-,25-/m0/s1. The molecule has 1 amide bonds. The van der Waals surface area contributed by atoms with Crippen molar-refractivity contribution >= 4 is 28.0 Å². The van der Waals surface area contributed by atoms with Crippen LogP contribution in [-0.4, -0.2) is 55.8 Å². The van der Waals surface area contributed by atoms with E-state index in [4.69, 9.17) is 5.73 Å². The second-order valence-electron chi connectivity index (χ2n) is 9.68. The maximum Gasteiger partial charge on any atom is 0.294 e. The third-order valence-corrected chi connectivity index (χ3v) is 8.31. The lowest BCUT2D eigenvalue weighted by atomic mass is 9.96. The predicted octanol–water partition coefficient (Wildman–Crippen LogP) is 1.37. The number of nitrogens with two attached hydrogens (primary N) is 1. The first-order valence-corrected chi connectivity index (χ1v) is 14.5. The highest BCUT2D eigenvalue weighted by Crippen LogP contribution is 2.25. The average molecular weight is 546 g/mol. The van der Waals surface area contributed by atoms with Crippen molar-refractivity contribution in [2.75, 3.05) is 18.2 Å². The molecule has 1 fully saturated rings. The number of hydrogen-bond acceptors (Lipinski definition) is 8. The number of Topliss-reactive ketones (excluding diaryl/α,β-unsaturated/α-hetero) is 1. The molecular formula is C27H35N3O7S. The van der Waals surface area contributed by atoms with Crippen molar-refractivity contribution in [2.45, 2.75) is 58.0 Å². The number of pyridine rings is 1. The highest BCUT2D eigenvalue weighted by Gasteiger charge is 2.38. The molecule has 2 aromatic rings. The van der Waals surface area contributed by atoms with Crippen molar-refractivity contribution in [3.63, 3.8) is 0 Å². The average Bonchev–Trinajstić information content (AvgIpc) is 3.39. The number of nitrogens with zero attached hydrogens (tertiary/aromatic N) is 2. The number of amides is 1. The van der Waals surface area contributed by atoms with E-state index < -0.39 is 39.4 Å². The van der Waals surface area contributed by atoms with Gasteiger partial charge in [-0.25, -0.2) is 8.42 Å². The minimum Gasteiger partial charge on any atom is -0.619 e. The molecule has 0 aliphatic carbocycles. The summed E-state index contributed by atoms with van der Waals surface area (Å²) in [5.74, 6) is -2.90. The van der Waals surface area contributed by atoms with Gasteiger partial charge in [-0.15, -0.1) is 0 Å². The molecule has 0 radical (unpaired) electrons. The zero-order chi connectivity index (χ0) is 27.7. The Morgan fingerprint density at radius 1 is 1.24 bits per heavy atom. The van der Waals surface area contributed by atoms with Crippen LogP contribution in [0.1, 0.15) is 48.1 Å². The lowest BCUT2D eigenvalue weighted by Crippen LogP contribution is -2.45. The minimum absolute atomic E-state index is 0.0399. The molecule has 0 bridgehead atoms. The third-order valence-electron chi connectivity index (χ3n) is 6.90. The zero-order valence-electron chi connectivity index (χ0n) is 21.6. The fourth-order valence-corrected chi connectivity index (χ4v) is 6.24. The lowest BCUT2D eigenvalue weighted by Gasteiger charge is -2.28. The van der Waals surface area contributed by atoms with Crippen LogP contribution in [0.3, 0.4) is 0 Å². The van der Waals surface area contributed by atoms with E-state index in [2.05, 4.69) is 4.74 Å². The smallest absolute Gasteiger partial charge is 0.294 e. The van der Waals surface area contributed by atoms with Crippen molar-refractivity contribution in [1.82, 2.24) is 4.90 Å². The molecule has 3 rings (SSSR count). The fourth-order valence-electron chi connectivity index (χ4n) is 4.95. The molecule has 206 valence electrons. The van der Waals surface area contributed by atoms with Crippen molar-refractivity contribution in [1.29, 1.82) is 0 Å². The van der Waals surface area contributed by atoms with Gasteiger partial charge >= 0.3 is 0 Å². The molecule has 11 heteroatoms. The summed E-state index contributed by atoms with van der Waals surface area (Å²) in [6.45, 7) is 2.73. The second-order valence-corrected chi connectivity index (χ2v) is 11.7. The van der Waals surface area contributed by atoms with E-state index in [1.807, 2.05) is 25.1 Å². The first-order chi connectivity index (χ1) is 18.1. The number of likely N-dealkylation sites (tertiary alicyclic amines) is 1. The summed E-state index contributed by atoms with van der Waals surface area (Å²) in [6.07, 6.45) is 3.48. The highest BCUT2D eigenvalue weighted by atomic mass is 32.2. The number of aryl methyl sites for hydroxylation is 3. The van der Waals surface area contributed by atoms with Gasteiger partial charge in [-0.3, -0.25) is 14.4 Å². The summed E-state index contributed by atoms with van der Waals surface area (Å²) in [5, 5.41) is 12.1. The number of hydrogen-bond donors (Lipinski definition) is 1. The van der Waals surface area contributed by atoms with Gasteiger partial charge in [-0.2, -0.15) is 4.73 Å².